The summed E-state index contributed by atoms with van der Waals surface area (Å²) < 4.78 is 0. The van der Waals surface area contributed by atoms with E-state index in [1.165, 1.54) is 4.88 Å². The van der Waals surface area contributed by atoms with Gasteiger partial charge in [0.25, 0.3) is 0 Å². The third kappa shape index (κ3) is 4.41. The van der Waals surface area contributed by atoms with Crippen LogP contribution in [0.4, 0.5) is 5.82 Å². The van der Waals surface area contributed by atoms with Gasteiger partial charge in [0.05, 0.1) is 5.39 Å². The Labute approximate surface area is 173 Å². The fourth-order valence-electron chi connectivity index (χ4n) is 3.22. The van der Waals surface area contributed by atoms with Crippen LogP contribution in [0.2, 0.25) is 0 Å². The maximum atomic E-state index is 12.2. The molecule has 3 heterocycles. The zero-order chi connectivity index (χ0) is 20.1. The van der Waals surface area contributed by atoms with Crippen molar-refractivity contribution in [2.75, 3.05) is 11.9 Å². The number of aromatic nitrogens is 3. The number of anilines is 1. The standard InChI is InChI=1S/C22H21N5OS/c1-15-19(17-7-3-2-4-8-17)20-21(26-14-27-22(20)29-15)24-11-9-18(28)25-13-16-6-5-10-23-12-16/h2-8,10,12,14H,9,11,13H2,1H3,(H,25,28)(H,24,26,27). The van der Waals surface area contributed by atoms with Crippen molar-refractivity contribution in [3.05, 3.63) is 71.6 Å². The molecule has 0 atom stereocenters. The van der Waals surface area contributed by atoms with Crippen molar-refractivity contribution in [1.82, 2.24) is 20.3 Å². The third-order valence-electron chi connectivity index (χ3n) is 4.58. The topological polar surface area (TPSA) is 79.8 Å². The lowest BCUT2D eigenvalue weighted by molar-refractivity contribution is -0.121. The van der Waals surface area contributed by atoms with Gasteiger partial charge in [0, 0.05) is 42.3 Å². The number of carbonyl (C=O) groups excluding carboxylic acids is 1. The molecule has 0 saturated carbocycles. The number of carbonyl (C=O) groups is 1. The lowest BCUT2D eigenvalue weighted by Gasteiger charge is -2.09. The lowest BCUT2D eigenvalue weighted by Crippen LogP contribution is -2.25. The van der Waals surface area contributed by atoms with E-state index in [9.17, 15) is 4.79 Å². The summed E-state index contributed by atoms with van der Waals surface area (Å²) in [7, 11) is 0. The van der Waals surface area contributed by atoms with Gasteiger partial charge in [0.1, 0.15) is 17.0 Å². The van der Waals surface area contributed by atoms with Gasteiger partial charge in [-0.2, -0.15) is 0 Å². The molecule has 3 aromatic heterocycles. The lowest BCUT2D eigenvalue weighted by atomic mass is 10.0. The van der Waals surface area contributed by atoms with Crippen molar-refractivity contribution in [3.63, 3.8) is 0 Å². The van der Waals surface area contributed by atoms with E-state index >= 15 is 0 Å². The summed E-state index contributed by atoms with van der Waals surface area (Å²) in [5.74, 6) is 0.745. The minimum Gasteiger partial charge on any atom is -0.369 e. The predicted octanol–water partition coefficient (Wildman–Crippen LogP) is 4.18. The minimum atomic E-state index is -0.0172. The van der Waals surface area contributed by atoms with E-state index in [0.717, 1.165) is 32.7 Å². The smallest absolute Gasteiger partial charge is 0.222 e. The third-order valence-corrected chi connectivity index (χ3v) is 5.60. The van der Waals surface area contributed by atoms with Crippen molar-refractivity contribution in [2.45, 2.75) is 19.9 Å². The molecule has 1 aromatic carbocycles. The second-order valence-electron chi connectivity index (χ2n) is 6.62. The Bertz CT molecular complexity index is 1110. The second kappa shape index (κ2) is 8.79. The number of hydrogen-bond acceptors (Lipinski definition) is 6. The molecule has 0 unspecified atom stereocenters. The van der Waals surface area contributed by atoms with Crippen molar-refractivity contribution in [1.29, 1.82) is 0 Å². The number of aryl methyl sites for hydroxylation is 1. The highest BCUT2D eigenvalue weighted by Crippen LogP contribution is 2.40. The monoisotopic (exact) mass is 403 g/mol. The molecule has 0 aliphatic rings. The number of nitrogens with zero attached hydrogens (tertiary/aromatic N) is 3. The van der Waals surface area contributed by atoms with Crippen molar-refractivity contribution < 1.29 is 4.79 Å². The van der Waals surface area contributed by atoms with Crippen molar-refractivity contribution in [2.24, 2.45) is 0 Å². The number of benzene rings is 1. The molecule has 146 valence electrons. The Morgan fingerprint density at radius 3 is 2.76 bits per heavy atom. The van der Waals surface area contributed by atoms with Gasteiger partial charge >= 0.3 is 0 Å². The largest absolute Gasteiger partial charge is 0.369 e. The van der Waals surface area contributed by atoms with E-state index < -0.39 is 0 Å². The summed E-state index contributed by atoms with van der Waals surface area (Å²) in [5.41, 5.74) is 3.27. The van der Waals surface area contributed by atoms with Crippen LogP contribution in [0.3, 0.4) is 0 Å². The fraction of sp³-hybridized carbons (Fsp3) is 0.182. The van der Waals surface area contributed by atoms with Gasteiger partial charge < -0.3 is 10.6 Å². The second-order valence-corrected chi connectivity index (χ2v) is 7.82. The van der Waals surface area contributed by atoms with E-state index in [1.807, 2.05) is 30.3 Å². The summed E-state index contributed by atoms with van der Waals surface area (Å²) in [5, 5.41) is 7.25. The molecule has 2 N–H and O–H groups in total. The summed E-state index contributed by atoms with van der Waals surface area (Å²) in [6.07, 6.45) is 5.39. The molecular weight excluding hydrogens is 382 g/mol. The fourth-order valence-corrected chi connectivity index (χ4v) is 4.23. The first-order chi connectivity index (χ1) is 14.2. The Hall–Kier alpha value is -3.32. The molecule has 0 fully saturated rings. The first kappa shape index (κ1) is 19.0. The Morgan fingerprint density at radius 2 is 1.97 bits per heavy atom. The van der Waals surface area contributed by atoms with E-state index in [1.54, 1.807) is 30.1 Å². The molecule has 0 aliphatic heterocycles. The van der Waals surface area contributed by atoms with Gasteiger partial charge in [0.2, 0.25) is 5.91 Å². The van der Waals surface area contributed by atoms with Gasteiger partial charge in [-0.3, -0.25) is 9.78 Å². The molecule has 4 rings (SSSR count). The van der Waals surface area contributed by atoms with Gasteiger partial charge in [-0.25, -0.2) is 9.97 Å². The number of thiophene rings is 1. The predicted molar refractivity (Wildman–Crippen MR) is 117 cm³/mol. The number of nitrogens with one attached hydrogen (secondary N) is 2. The highest BCUT2D eigenvalue weighted by molar-refractivity contribution is 7.19. The van der Waals surface area contributed by atoms with Crippen LogP contribution < -0.4 is 10.6 Å². The van der Waals surface area contributed by atoms with Gasteiger partial charge in [-0.15, -0.1) is 11.3 Å². The number of fused-ring (bicyclic) bond motifs is 1. The van der Waals surface area contributed by atoms with Gasteiger partial charge in [-0.1, -0.05) is 36.4 Å². The molecule has 29 heavy (non-hydrogen) atoms. The van der Waals surface area contributed by atoms with Crippen LogP contribution in [-0.4, -0.2) is 27.4 Å². The zero-order valence-electron chi connectivity index (χ0n) is 16.1. The number of hydrogen-bond donors (Lipinski definition) is 2. The maximum absolute atomic E-state index is 12.2. The number of amides is 1. The summed E-state index contributed by atoms with van der Waals surface area (Å²) in [6.45, 7) is 3.07. The Morgan fingerprint density at radius 1 is 1.10 bits per heavy atom. The van der Waals surface area contributed by atoms with Crippen LogP contribution in [0.1, 0.15) is 16.9 Å². The van der Waals surface area contributed by atoms with E-state index in [0.29, 0.717) is 19.5 Å². The van der Waals surface area contributed by atoms with Gasteiger partial charge in [0.15, 0.2) is 0 Å². The average Bonchev–Trinajstić information content (AvgIpc) is 3.10. The molecule has 0 saturated heterocycles. The van der Waals surface area contributed by atoms with Crippen molar-refractivity contribution in [3.8, 4) is 11.1 Å². The normalized spacial score (nSPS) is 10.8. The van der Waals surface area contributed by atoms with E-state index in [-0.39, 0.29) is 5.91 Å². The van der Waals surface area contributed by atoms with Crippen LogP contribution in [0, 0.1) is 6.92 Å². The SMILES string of the molecule is Cc1sc2ncnc(NCCC(=O)NCc3cccnc3)c2c1-c1ccccc1. The van der Waals surface area contributed by atoms with Crippen LogP contribution in [0.25, 0.3) is 21.3 Å². The minimum absolute atomic E-state index is 0.0172. The van der Waals surface area contributed by atoms with E-state index in [4.69, 9.17) is 0 Å². The summed E-state index contributed by atoms with van der Waals surface area (Å²) in [4.78, 5) is 27.2. The van der Waals surface area contributed by atoms with E-state index in [2.05, 4.69) is 44.6 Å². The van der Waals surface area contributed by atoms with Gasteiger partial charge in [-0.05, 0) is 24.1 Å². The first-order valence-electron chi connectivity index (χ1n) is 9.41. The van der Waals surface area contributed by atoms with Crippen molar-refractivity contribution >= 4 is 33.3 Å². The average molecular weight is 404 g/mol. The highest BCUT2D eigenvalue weighted by Gasteiger charge is 2.16. The summed E-state index contributed by atoms with van der Waals surface area (Å²) in [6, 6.07) is 14.1. The summed E-state index contributed by atoms with van der Waals surface area (Å²) >= 11 is 1.66. The Kier molecular flexibility index (Phi) is 5.76. The van der Waals surface area contributed by atoms with Crippen LogP contribution in [-0.2, 0) is 11.3 Å². The number of pyridine rings is 1. The molecule has 4 aromatic rings. The molecule has 1 amide bonds. The highest BCUT2D eigenvalue weighted by atomic mass is 32.1. The zero-order valence-corrected chi connectivity index (χ0v) is 16.9. The van der Waals surface area contributed by atoms with Crippen LogP contribution in [0.5, 0.6) is 0 Å². The molecule has 0 aliphatic carbocycles. The molecular formula is C22H21N5OS. The maximum Gasteiger partial charge on any atom is 0.222 e. The molecule has 6 nitrogen and oxygen atoms in total. The molecule has 0 bridgehead atoms. The number of rotatable bonds is 7. The van der Waals surface area contributed by atoms with Crippen LogP contribution >= 0.6 is 11.3 Å². The molecule has 0 radical (unpaired) electrons. The molecule has 0 spiro atoms. The quantitative estimate of drug-likeness (QED) is 0.484. The molecule has 7 heteroatoms. The Balaban J connectivity index is 1.45. The van der Waals surface area contributed by atoms with Crippen LogP contribution in [0.15, 0.2) is 61.2 Å². The first-order valence-corrected chi connectivity index (χ1v) is 10.2.